The molecule has 2 N–H and O–H groups in total. The third-order valence-electron chi connectivity index (χ3n) is 8.34. The van der Waals surface area contributed by atoms with Crippen molar-refractivity contribution in [2.75, 3.05) is 12.8 Å². The summed E-state index contributed by atoms with van der Waals surface area (Å²) in [6.07, 6.45) is -2.86. The van der Waals surface area contributed by atoms with E-state index in [1.165, 1.54) is 12.1 Å². The fourth-order valence-corrected chi connectivity index (χ4v) is 8.27. The molecule has 2 aromatic heterocycles. The van der Waals surface area contributed by atoms with Gasteiger partial charge in [0, 0.05) is 23.0 Å². The summed E-state index contributed by atoms with van der Waals surface area (Å²) in [4.78, 5) is 23.6. The van der Waals surface area contributed by atoms with E-state index in [1.807, 2.05) is 36.7 Å². The average Bonchev–Trinajstić information content (AvgIpc) is 3.63. The van der Waals surface area contributed by atoms with E-state index in [9.17, 15) is 26.4 Å². The average molecular weight is 633 g/mol. The first-order valence-corrected chi connectivity index (χ1v) is 16.8. The molecule has 230 valence electrons. The minimum atomic E-state index is -4.57. The zero-order chi connectivity index (χ0) is 30.9. The van der Waals surface area contributed by atoms with Crippen molar-refractivity contribution in [1.29, 1.82) is 0 Å². The number of carbonyl (C=O) groups excluding carboxylic acids is 1. The summed E-state index contributed by atoms with van der Waals surface area (Å²) in [6, 6.07) is 14.6. The van der Waals surface area contributed by atoms with Gasteiger partial charge in [0.15, 0.2) is 9.84 Å². The molecule has 12 heteroatoms. The van der Waals surface area contributed by atoms with Crippen molar-refractivity contribution >= 4 is 38.1 Å². The van der Waals surface area contributed by atoms with E-state index in [1.54, 1.807) is 23.5 Å². The van der Waals surface area contributed by atoms with Crippen LogP contribution >= 0.6 is 11.3 Å². The van der Waals surface area contributed by atoms with Gasteiger partial charge in [0.25, 0.3) is 0 Å². The van der Waals surface area contributed by atoms with Crippen molar-refractivity contribution in [3.8, 4) is 10.4 Å². The molecule has 0 aliphatic heterocycles. The Morgan fingerprint density at radius 2 is 1.86 bits per heavy atom. The number of hydrogen-bond acceptors (Lipinski definition) is 6. The lowest BCUT2D eigenvalue weighted by molar-refractivity contribution is -0.136. The second-order valence-electron chi connectivity index (χ2n) is 11.5. The first-order chi connectivity index (χ1) is 20.3. The topological polar surface area (TPSA) is 95.2 Å². The van der Waals surface area contributed by atoms with Gasteiger partial charge < -0.3 is 15.2 Å². The Balaban J connectivity index is 1.33. The Morgan fingerprint density at radius 3 is 2.51 bits per heavy atom. The molecule has 43 heavy (non-hydrogen) atoms. The molecule has 1 aliphatic carbocycles. The molecule has 1 aliphatic rings. The van der Waals surface area contributed by atoms with Gasteiger partial charge in [-0.25, -0.2) is 13.4 Å². The number of nitrogens with zero attached hydrogens (tertiary/aromatic N) is 2. The lowest BCUT2D eigenvalue weighted by Gasteiger charge is -2.41. The predicted molar refractivity (Wildman–Crippen MR) is 163 cm³/mol. The third kappa shape index (κ3) is 7.13. The van der Waals surface area contributed by atoms with E-state index in [0.29, 0.717) is 12.8 Å². The largest absolute Gasteiger partial charge is 0.418 e. The van der Waals surface area contributed by atoms with Gasteiger partial charge >= 0.3 is 6.18 Å². The van der Waals surface area contributed by atoms with Crippen molar-refractivity contribution in [2.45, 2.75) is 68.7 Å². The van der Waals surface area contributed by atoms with E-state index in [-0.39, 0.29) is 51.9 Å². The zero-order valence-electron chi connectivity index (χ0n) is 24.2. The van der Waals surface area contributed by atoms with Crippen LogP contribution in [0.4, 0.5) is 13.2 Å². The lowest BCUT2D eigenvalue weighted by atomic mass is 9.81. The number of benzene rings is 2. The number of sulfone groups is 1. The second-order valence-corrected chi connectivity index (χ2v) is 14.5. The van der Waals surface area contributed by atoms with Gasteiger partial charge in [-0.15, -0.1) is 11.3 Å². The Bertz CT molecular complexity index is 1670. The highest BCUT2D eigenvalue weighted by molar-refractivity contribution is 7.91. The molecule has 2 heterocycles. The number of nitrogens with one attached hydrogen (secondary N) is 2. The van der Waals surface area contributed by atoms with Gasteiger partial charge in [0.1, 0.15) is 11.3 Å². The second kappa shape index (κ2) is 12.4. The van der Waals surface area contributed by atoms with Crippen molar-refractivity contribution in [3.63, 3.8) is 0 Å². The molecule has 1 saturated carbocycles. The van der Waals surface area contributed by atoms with Crippen LogP contribution in [-0.2, 0) is 27.2 Å². The van der Waals surface area contributed by atoms with Crippen LogP contribution in [0.15, 0.2) is 64.9 Å². The Morgan fingerprint density at radius 1 is 1.12 bits per heavy atom. The highest BCUT2D eigenvalue weighted by atomic mass is 32.2. The molecule has 0 spiro atoms. The van der Waals surface area contributed by atoms with Gasteiger partial charge in [0.05, 0.1) is 28.1 Å². The Labute approximate surface area is 253 Å². The number of aromatic nitrogens is 2. The maximum absolute atomic E-state index is 13.6. The molecule has 2 aromatic carbocycles. The Kier molecular flexibility index (Phi) is 9.01. The molecule has 0 bridgehead atoms. The van der Waals surface area contributed by atoms with Crippen LogP contribution in [0, 0.1) is 5.92 Å². The molecule has 3 atom stereocenters. The van der Waals surface area contributed by atoms with Crippen LogP contribution in [0.25, 0.3) is 21.5 Å². The van der Waals surface area contributed by atoms with Crippen LogP contribution in [0.3, 0.4) is 0 Å². The molecular formula is C31H35F3N4O3S2. The smallest absolute Gasteiger partial charge is 0.353 e. The quantitative estimate of drug-likeness (QED) is 0.225. The number of imidazole rings is 1. The highest BCUT2D eigenvalue weighted by Gasteiger charge is 2.37. The Hall–Kier alpha value is -3.22. The predicted octanol–water partition coefficient (Wildman–Crippen LogP) is 6.32. The summed E-state index contributed by atoms with van der Waals surface area (Å²) in [5.74, 6) is -0.778. The molecule has 1 amide bonds. The molecule has 0 saturated heterocycles. The van der Waals surface area contributed by atoms with Crippen molar-refractivity contribution in [3.05, 3.63) is 71.4 Å². The van der Waals surface area contributed by atoms with Crippen molar-refractivity contribution in [2.24, 2.45) is 5.92 Å². The molecule has 7 nitrogen and oxygen atoms in total. The number of alkyl halides is 3. The normalized spacial score (nSPS) is 19.8. The number of carbonyl (C=O) groups is 1. The molecule has 5 rings (SSSR count). The van der Waals surface area contributed by atoms with Crippen molar-refractivity contribution < 1.29 is 26.4 Å². The minimum absolute atomic E-state index is 0.118. The van der Waals surface area contributed by atoms with E-state index in [4.69, 9.17) is 0 Å². The van der Waals surface area contributed by atoms with E-state index in [2.05, 4.69) is 34.0 Å². The first kappa shape index (κ1) is 31.2. The minimum Gasteiger partial charge on any atom is -0.353 e. The van der Waals surface area contributed by atoms with E-state index >= 15 is 0 Å². The monoisotopic (exact) mass is 632 g/mol. The fraction of sp³-hybridized carbons (Fsp3) is 0.419. The first-order valence-electron chi connectivity index (χ1n) is 14.2. The van der Waals surface area contributed by atoms with Crippen LogP contribution in [0.5, 0.6) is 0 Å². The van der Waals surface area contributed by atoms with Crippen LogP contribution < -0.4 is 5.32 Å². The van der Waals surface area contributed by atoms with E-state index in [0.717, 1.165) is 22.9 Å². The summed E-state index contributed by atoms with van der Waals surface area (Å²) in [7, 11) is -1.64. The van der Waals surface area contributed by atoms with Crippen LogP contribution in [0.1, 0.15) is 44.5 Å². The standard InChI is InChI=1S/C31H35F3N4O3S2/c1-19(2)38(3)22-11-14-25(36-29(39)17-28-35-26-7-4-6-24(30(26)37-28)31(32,33)34)21(16-22)18-43(40,41)23-12-9-20(10-13-23)27-8-5-15-42-27/h4-10,12-13,15,19,21-22,25H,11,14,16-18H2,1-3H3,(H,35,37)(H,36,39)/t21-,22+,25-/m0/s1. The zero-order valence-corrected chi connectivity index (χ0v) is 25.8. The molecule has 1 fully saturated rings. The van der Waals surface area contributed by atoms with Gasteiger partial charge in [-0.2, -0.15) is 13.2 Å². The maximum atomic E-state index is 13.6. The van der Waals surface area contributed by atoms with Crippen LogP contribution in [0.2, 0.25) is 0 Å². The lowest BCUT2D eigenvalue weighted by Crippen LogP contribution is -2.51. The number of halogens is 3. The third-order valence-corrected chi connectivity index (χ3v) is 11.1. The number of amides is 1. The summed E-state index contributed by atoms with van der Waals surface area (Å²) in [5, 5.41) is 4.96. The molecular weight excluding hydrogens is 597 g/mol. The number of H-pyrrole nitrogens is 1. The summed E-state index contributed by atoms with van der Waals surface area (Å²) < 4.78 is 67.5. The number of hydrogen-bond donors (Lipinski definition) is 2. The van der Waals surface area contributed by atoms with Gasteiger partial charge in [-0.1, -0.05) is 24.3 Å². The van der Waals surface area contributed by atoms with Gasteiger partial charge in [-0.05, 0) is 87.4 Å². The SMILES string of the molecule is CC(C)N(C)[C@@H]1CC[C@H](NC(=O)Cc2nc3c(C(F)(F)F)cccc3[nH]2)[C@H](CS(=O)(=O)c2ccc(-c3cccs3)cc2)C1. The van der Waals surface area contributed by atoms with Gasteiger partial charge in [-0.3, -0.25) is 4.79 Å². The fourth-order valence-electron chi connectivity index (χ4n) is 5.86. The molecule has 0 radical (unpaired) electrons. The van der Waals surface area contributed by atoms with Gasteiger partial charge in [0.2, 0.25) is 5.91 Å². The summed E-state index contributed by atoms with van der Waals surface area (Å²) >= 11 is 1.58. The number of aromatic amines is 1. The highest BCUT2D eigenvalue weighted by Crippen LogP contribution is 2.35. The molecule has 0 unspecified atom stereocenters. The number of thiophene rings is 1. The van der Waals surface area contributed by atoms with Crippen molar-refractivity contribution in [1.82, 2.24) is 20.2 Å². The summed E-state index contributed by atoms with van der Waals surface area (Å²) in [5.41, 5.74) is 0.0468. The van der Waals surface area contributed by atoms with E-state index < -0.39 is 33.5 Å². The number of fused-ring (bicyclic) bond motifs is 1. The summed E-state index contributed by atoms with van der Waals surface area (Å²) in [6.45, 7) is 4.18. The maximum Gasteiger partial charge on any atom is 0.418 e. The number of para-hydroxylation sites is 1. The van der Waals surface area contributed by atoms with Crippen LogP contribution in [-0.4, -0.2) is 60.1 Å². The molecule has 4 aromatic rings. The number of rotatable bonds is 9.